The molecule has 4 nitrogen and oxygen atoms in total. The summed E-state index contributed by atoms with van der Waals surface area (Å²) in [5.41, 5.74) is 3.15. The first-order valence-electron chi connectivity index (χ1n) is 12.1. The SMILES string of the molecule is CC1CCN(c2ccc([C@H](C)NC(=O)C3CCN(Cc4ccccc4F)CC3)cc2)CC1. The Labute approximate surface area is 191 Å². The fourth-order valence-corrected chi connectivity index (χ4v) is 4.88. The molecule has 2 saturated heterocycles. The van der Waals surface area contributed by atoms with Crippen LogP contribution in [-0.2, 0) is 11.3 Å². The molecule has 2 heterocycles. The van der Waals surface area contributed by atoms with Gasteiger partial charge >= 0.3 is 0 Å². The van der Waals surface area contributed by atoms with E-state index < -0.39 is 0 Å². The standard InChI is InChI=1S/C27H36FN3O/c1-20-11-17-31(18-12-20)25-9-7-22(8-10-25)21(2)29-27(32)23-13-15-30(16-14-23)19-24-5-3-4-6-26(24)28/h3-10,20-21,23H,11-19H2,1-2H3,(H,29,32)/t21-/m0/s1. The Kier molecular flexibility index (Phi) is 7.46. The van der Waals surface area contributed by atoms with Crippen LogP contribution in [0.5, 0.6) is 0 Å². The van der Waals surface area contributed by atoms with E-state index in [1.807, 2.05) is 12.1 Å². The van der Waals surface area contributed by atoms with E-state index in [2.05, 4.69) is 53.2 Å². The van der Waals surface area contributed by atoms with Gasteiger partial charge in [0.2, 0.25) is 5.91 Å². The van der Waals surface area contributed by atoms with E-state index >= 15 is 0 Å². The Balaban J connectivity index is 1.24. The van der Waals surface area contributed by atoms with Crippen LogP contribution < -0.4 is 10.2 Å². The van der Waals surface area contributed by atoms with Crippen LogP contribution in [0, 0.1) is 17.7 Å². The van der Waals surface area contributed by atoms with Crippen molar-refractivity contribution in [1.82, 2.24) is 10.2 Å². The van der Waals surface area contributed by atoms with Gasteiger partial charge < -0.3 is 10.2 Å². The summed E-state index contributed by atoms with van der Waals surface area (Å²) in [6.07, 6.45) is 4.15. The first-order chi connectivity index (χ1) is 15.5. The lowest BCUT2D eigenvalue weighted by atomic mass is 9.94. The van der Waals surface area contributed by atoms with Gasteiger partial charge in [-0.15, -0.1) is 0 Å². The third kappa shape index (κ3) is 5.69. The predicted molar refractivity (Wildman–Crippen MR) is 128 cm³/mol. The molecule has 2 aromatic carbocycles. The molecule has 32 heavy (non-hydrogen) atoms. The van der Waals surface area contributed by atoms with Gasteiger partial charge in [-0.1, -0.05) is 37.3 Å². The average molecular weight is 438 g/mol. The van der Waals surface area contributed by atoms with E-state index in [4.69, 9.17) is 0 Å². The largest absolute Gasteiger partial charge is 0.372 e. The van der Waals surface area contributed by atoms with Crippen molar-refractivity contribution in [2.45, 2.75) is 52.1 Å². The molecule has 2 aromatic rings. The summed E-state index contributed by atoms with van der Waals surface area (Å²) in [5.74, 6) is 0.843. The van der Waals surface area contributed by atoms with Crippen molar-refractivity contribution in [3.8, 4) is 0 Å². The van der Waals surface area contributed by atoms with E-state index in [1.54, 1.807) is 6.07 Å². The number of nitrogens with zero attached hydrogens (tertiary/aromatic N) is 2. The Bertz CT molecular complexity index is 884. The zero-order chi connectivity index (χ0) is 22.5. The molecular formula is C27H36FN3O. The van der Waals surface area contributed by atoms with Crippen LogP contribution in [0.4, 0.5) is 10.1 Å². The van der Waals surface area contributed by atoms with Gasteiger partial charge in [0.1, 0.15) is 5.82 Å². The molecule has 1 atom stereocenters. The molecule has 2 aliphatic rings. The number of nitrogens with one attached hydrogen (secondary N) is 1. The molecule has 1 N–H and O–H groups in total. The number of benzene rings is 2. The fraction of sp³-hybridized carbons (Fsp3) is 0.519. The van der Waals surface area contributed by atoms with Gasteiger partial charge in [-0.05, 0) is 75.4 Å². The summed E-state index contributed by atoms with van der Waals surface area (Å²) >= 11 is 0. The maximum Gasteiger partial charge on any atom is 0.223 e. The second-order valence-electron chi connectivity index (χ2n) is 9.63. The molecule has 0 saturated carbocycles. The highest BCUT2D eigenvalue weighted by Gasteiger charge is 2.26. The van der Waals surface area contributed by atoms with Crippen LogP contribution in [0.15, 0.2) is 48.5 Å². The Morgan fingerprint density at radius 2 is 1.66 bits per heavy atom. The molecule has 1 amide bonds. The van der Waals surface area contributed by atoms with Crippen LogP contribution in [0.25, 0.3) is 0 Å². The van der Waals surface area contributed by atoms with Crippen LogP contribution >= 0.6 is 0 Å². The number of halogens is 1. The highest BCUT2D eigenvalue weighted by atomic mass is 19.1. The minimum Gasteiger partial charge on any atom is -0.372 e. The highest BCUT2D eigenvalue weighted by Crippen LogP contribution is 2.25. The number of carbonyl (C=O) groups is 1. The molecule has 4 rings (SSSR count). The molecule has 0 unspecified atom stereocenters. The van der Waals surface area contributed by atoms with E-state index in [0.29, 0.717) is 6.54 Å². The van der Waals surface area contributed by atoms with Gasteiger partial charge in [-0.25, -0.2) is 4.39 Å². The van der Waals surface area contributed by atoms with Gasteiger partial charge in [-0.2, -0.15) is 0 Å². The normalized spacial score (nSPS) is 19.7. The van der Waals surface area contributed by atoms with E-state index in [9.17, 15) is 9.18 Å². The summed E-state index contributed by atoms with van der Waals surface area (Å²) in [5, 5.41) is 3.21. The summed E-state index contributed by atoms with van der Waals surface area (Å²) in [6.45, 7) is 8.90. The Morgan fingerprint density at radius 3 is 2.31 bits per heavy atom. The number of likely N-dealkylation sites (tertiary alicyclic amines) is 1. The third-order valence-corrected chi connectivity index (χ3v) is 7.21. The Hall–Kier alpha value is -2.40. The topological polar surface area (TPSA) is 35.6 Å². The molecule has 0 aromatic heterocycles. The number of carbonyl (C=O) groups excluding carboxylic acids is 1. The summed E-state index contributed by atoms with van der Waals surface area (Å²) < 4.78 is 13.9. The molecule has 5 heteroatoms. The summed E-state index contributed by atoms with van der Waals surface area (Å²) in [6, 6.07) is 15.6. The number of anilines is 1. The van der Waals surface area contributed by atoms with Crippen molar-refractivity contribution in [1.29, 1.82) is 0 Å². The molecule has 2 fully saturated rings. The smallest absolute Gasteiger partial charge is 0.223 e. The minimum absolute atomic E-state index is 0.00521. The van der Waals surface area contributed by atoms with E-state index in [0.717, 1.165) is 56.1 Å². The first-order valence-corrected chi connectivity index (χ1v) is 12.1. The van der Waals surface area contributed by atoms with Crippen LogP contribution in [0.3, 0.4) is 0 Å². The summed E-state index contributed by atoms with van der Waals surface area (Å²) in [7, 11) is 0. The maximum absolute atomic E-state index is 13.9. The molecule has 2 aliphatic heterocycles. The lowest BCUT2D eigenvalue weighted by Gasteiger charge is -2.32. The lowest BCUT2D eigenvalue weighted by molar-refractivity contribution is -0.127. The van der Waals surface area contributed by atoms with Gasteiger partial charge in [0.25, 0.3) is 0 Å². The van der Waals surface area contributed by atoms with Gasteiger partial charge in [0.15, 0.2) is 0 Å². The van der Waals surface area contributed by atoms with Gasteiger partial charge in [0, 0.05) is 36.8 Å². The average Bonchev–Trinajstić information content (AvgIpc) is 2.81. The second-order valence-corrected chi connectivity index (χ2v) is 9.63. The fourth-order valence-electron chi connectivity index (χ4n) is 4.88. The monoisotopic (exact) mass is 437 g/mol. The van der Waals surface area contributed by atoms with Crippen LogP contribution in [0.1, 0.15) is 56.7 Å². The number of hydrogen-bond acceptors (Lipinski definition) is 3. The number of amides is 1. The van der Waals surface area contributed by atoms with Crippen molar-refractivity contribution in [2.75, 3.05) is 31.1 Å². The Morgan fingerprint density at radius 1 is 1.00 bits per heavy atom. The van der Waals surface area contributed by atoms with Gasteiger partial charge in [0.05, 0.1) is 6.04 Å². The molecule has 0 bridgehead atoms. The van der Waals surface area contributed by atoms with Crippen LogP contribution in [0.2, 0.25) is 0 Å². The minimum atomic E-state index is -0.151. The maximum atomic E-state index is 13.9. The highest BCUT2D eigenvalue weighted by molar-refractivity contribution is 5.79. The van der Waals surface area contributed by atoms with Crippen molar-refractivity contribution in [3.63, 3.8) is 0 Å². The molecular weight excluding hydrogens is 401 g/mol. The first kappa shape index (κ1) is 22.8. The number of rotatable bonds is 6. The van der Waals surface area contributed by atoms with Gasteiger partial charge in [-0.3, -0.25) is 9.69 Å². The zero-order valence-corrected chi connectivity index (χ0v) is 19.4. The van der Waals surface area contributed by atoms with Crippen LogP contribution in [-0.4, -0.2) is 37.0 Å². The lowest BCUT2D eigenvalue weighted by Crippen LogP contribution is -2.41. The van der Waals surface area contributed by atoms with Crippen molar-refractivity contribution >= 4 is 11.6 Å². The molecule has 0 aliphatic carbocycles. The summed E-state index contributed by atoms with van der Waals surface area (Å²) in [4.78, 5) is 17.6. The predicted octanol–water partition coefficient (Wildman–Crippen LogP) is 5.15. The number of hydrogen-bond donors (Lipinski definition) is 1. The molecule has 0 radical (unpaired) electrons. The van der Waals surface area contributed by atoms with E-state index in [1.165, 1.54) is 24.6 Å². The van der Waals surface area contributed by atoms with Crippen molar-refractivity contribution < 1.29 is 9.18 Å². The van der Waals surface area contributed by atoms with E-state index in [-0.39, 0.29) is 23.7 Å². The zero-order valence-electron chi connectivity index (χ0n) is 19.4. The molecule has 0 spiro atoms. The number of piperidine rings is 2. The van der Waals surface area contributed by atoms with Crippen molar-refractivity contribution in [2.24, 2.45) is 11.8 Å². The quantitative estimate of drug-likeness (QED) is 0.679. The van der Waals surface area contributed by atoms with Crippen molar-refractivity contribution in [3.05, 3.63) is 65.5 Å². The third-order valence-electron chi connectivity index (χ3n) is 7.21. The molecule has 172 valence electrons. The second kappa shape index (κ2) is 10.5.